The molecule has 32 heavy (non-hydrogen) atoms. The van der Waals surface area contributed by atoms with Crippen molar-refractivity contribution in [3.8, 4) is 22.6 Å². The summed E-state index contributed by atoms with van der Waals surface area (Å²) in [5, 5.41) is 0. The van der Waals surface area contributed by atoms with Crippen molar-refractivity contribution in [3.63, 3.8) is 0 Å². The number of halogens is 3. The van der Waals surface area contributed by atoms with Crippen LogP contribution < -0.4 is 8.92 Å². The van der Waals surface area contributed by atoms with Gasteiger partial charge in [-0.05, 0) is 35.2 Å². The molecule has 0 saturated carbocycles. The smallest absolute Gasteiger partial charge is 0.492 e. The molecule has 166 valence electrons. The molecule has 0 fully saturated rings. The highest BCUT2D eigenvalue weighted by Gasteiger charge is 2.48. The van der Waals surface area contributed by atoms with Gasteiger partial charge >= 0.3 is 15.6 Å². The summed E-state index contributed by atoms with van der Waals surface area (Å²) in [5.41, 5.74) is -2.33. The Bertz CT molecular complexity index is 1240. The lowest BCUT2D eigenvalue weighted by molar-refractivity contribution is -0.0500. The first-order valence-electron chi connectivity index (χ1n) is 9.60. The fourth-order valence-electron chi connectivity index (χ4n) is 3.44. The molecule has 1 heterocycles. The summed E-state index contributed by atoms with van der Waals surface area (Å²) >= 11 is 0. The van der Waals surface area contributed by atoms with Gasteiger partial charge in [-0.3, -0.25) is 4.79 Å². The normalized spacial score (nSPS) is 16.2. The molecule has 0 saturated heterocycles. The molecule has 9 heteroatoms. The van der Waals surface area contributed by atoms with E-state index in [1.165, 1.54) is 6.07 Å². The monoisotopic (exact) mass is 462 g/mol. The zero-order valence-corrected chi connectivity index (χ0v) is 17.3. The average Bonchev–Trinajstić information content (AvgIpc) is 2.76. The van der Waals surface area contributed by atoms with E-state index in [0.717, 1.165) is 28.8 Å². The van der Waals surface area contributed by atoms with E-state index in [1.54, 1.807) is 0 Å². The Labute approximate surface area is 182 Å². The van der Waals surface area contributed by atoms with Gasteiger partial charge in [-0.2, -0.15) is 21.6 Å². The molecule has 0 bridgehead atoms. The van der Waals surface area contributed by atoms with Gasteiger partial charge < -0.3 is 8.92 Å². The zero-order valence-electron chi connectivity index (χ0n) is 16.5. The van der Waals surface area contributed by atoms with Crippen molar-refractivity contribution in [2.24, 2.45) is 5.92 Å². The summed E-state index contributed by atoms with van der Waals surface area (Å²) in [7, 11) is -5.81. The van der Waals surface area contributed by atoms with Gasteiger partial charge in [0.2, 0.25) is 0 Å². The second-order valence-corrected chi connectivity index (χ2v) is 8.82. The number of rotatable bonds is 5. The topological polar surface area (TPSA) is 69.7 Å². The lowest BCUT2D eigenvalue weighted by Gasteiger charge is -2.24. The van der Waals surface area contributed by atoms with Gasteiger partial charge in [0.15, 0.2) is 5.78 Å². The fraction of sp³-hybridized carbons (Fsp3) is 0.174. The molecule has 3 aromatic rings. The molecular weight excluding hydrogens is 445 g/mol. The largest absolute Gasteiger partial charge is 0.534 e. The van der Waals surface area contributed by atoms with Gasteiger partial charge in [0.1, 0.15) is 11.5 Å². The number of ether oxygens (including phenoxy) is 1. The number of benzene rings is 3. The second-order valence-electron chi connectivity index (χ2n) is 7.28. The minimum atomic E-state index is -5.81. The third kappa shape index (κ3) is 4.47. The number of alkyl halides is 3. The van der Waals surface area contributed by atoms with Crippen LogP contribution >= 0.6 is 0 Å². The highest BCUT2D eigenvalue weighted by Crippen LogP contribution is 2.34. The molecule has 0 aromatic heterocycles. The minimum Gasteiger partial charge on any atom is -0.492 e. The highest BCUT2D eigenvalue weighted by atomic mass is 32.2. The van der Waals surface area contributed by atoms with Gasteiger partial charge in [0, 0.05) is 6.07 Å². The van der Waals surface area contributed by atoms with Gasteiger partial charge in [0.25, 0.3) is 0 Å². The van der Waals surface area contributed by atoms with Gasteiger partial charge in [0.05, 0.1) is 18.1 Å². The molecule has 0 amide bonds. The van der Waals surface area contributed by atoms with E-state index in [2.05, 4.69) is 4.18 Å². The van der Waals surface area contributed by atoms with Crippen LogP contribution in [0.2, 0.25) is 0 Å². The van der Waals surface area contributed by atoms with Crippen molar-refractivity contribution in [2.45, 2.75) is 11.9 Å². The third-order valence-corrected chi connectivity index (χ3v) is 6.04. The first-order valence-corrected chi connectivity index (χ1v) is 11.0. The predicted octanol–water partition coefficient (Wildman–Crippen LogP) is 5.02. The van der Waals surface area contributed by atoms with Crippen LogP contribution in [0.15, 0.2) is 72.8 Å². The lowest BCUT2D eigenvalue weighted by atomic mass is 9.89. The molecule has 0 N–H and O–H groups in total. The molecular formula is C23H17F3O5S. The Kier molecular flexibility index (Phi) is 5.68. The number of ketones is 1. The Morgan fingerprint density at radius 2 is 1.59 bits per heavy atom. The maximum Gasteiger partial charge on any atom is 0.534 e. The number of carbonyl (C=O) groups excluding carboxylic acids is 1. The molecule has 0 aliphatic carbocycles. The Morgan fingerprint density at radius 1 is 0.938 bits per heavy atom. The van der Waals surface area contributed by atoms with Crippen LogP contribution in [0.3, 0.4) is 0 Å². The van der Waals surface area contributed by atoms with Gasteiger partial charge in [-0.15, -0.1) is 0 Å². The Hall–Kier alpha value is -3.33. The van der Waals surface area contributed by atoms with E-state index >= 15 is 0 Å². The van der Waals surface area contributed by atoms with E-state index in [9.17, 15) is 26.4 Å². The van der Waals surface area contributed by atoms with Crippen LogP contribution in [0.1, 0.15) is 15.9 Å². The van der Waals surface area contributed by atoms with Crippen LogP contribution in [-0.2, 0) is 16.5 Å². The number of carbonyl (C=O) groups is 1. The highest BCUT2D eigenvalue weighted by molar-refractivity contribution is 7.88. The number of Topliss-reactive ketones (excluding diaryl/α,β-unsaturated/α-hetero) is 1. The predicted molar refractivity (Wildman–Crippen MR) is 111 cm³/mol. The first kappa shape index (κ1) is 21.9. The van der Waals surface area contributed by atoms with Crippen LogP contribution in [0.5, 0.6) is 11.5 Å². The number of hydrogen-bond acceptors (Lipinski definition) is 5. The number of fused-ring (bicyclic) bond motifs is 1. The average molecular weight is 462 g/mol. The molecule has 1 atom stereocenters. The van der Waals surface area contributed by atoms with Gasteiger partial charge in [-0.1, -0.05) is 54.6 Å². The molecule has 3 aromatic carbocycles. The molecule has 1 aliphatic heterocycles. The lowest BCUT2D eigenvalue weighted by Crippen LogP contribution is -2.30. The molecule has 1 unspecified atom stereocenters. The van der Waals surface area contributed by atoms with E-state index in [4.69, 9.17) is 4.74 Å². The third-order valence-electron chi connectivity index (χ3n) is 5.06. The summed E-state index contributed by atoms with van der Waals surface area (Å²) in [6.45, 7) is 0.0156. The van der Waals surface area contributed by atoms with Gasteiger partial charge in [-0.25, -0.2) is 0 Å². The van der Waals surface area contributed by atoms with Crippen molar-refractivity contribution in [3.05, 3.63) is 83.9 Å². The SMILES string of the molecule is O=C1c2ccc(OS(=O)(=O)C(F)(F)F)cc2OCC1Cc1ccc(-c2ccccc2)cc1. The summed E-state index contributed by atoms with van der Waals surface area (Å²) in [4.78, 5) is 12.8. The maximum atomic E-state index is 12.8. The molecule has 0 radical (unpaired) electrons. The summed E-state index contributed by atoms with van der Waals surface area (Å²) in [6.07, 6.45) is 0.425. The minimum absolute atomic E-state index is 0.0134. The van der Waals surface area contributed by atoms with Crippen molar-refractivity contribution in [2.75, 3.05) is 6.61 Å². The molecule has 1 aliphatic rings. The van der Waals surface area contributed by atoms with E-state index < -0.39 is 27.3 Å². The number of hydrogen-bond donors (Lipinski definition) is 0. The summed E-state index contributed by atoms with van der Waals surface area (Å²) in [6, 6.07) is 20.8. The standard InChI is InChI=1S/C23H17F3O5S/c24-23(25,26)32(28,29)31-19-10-11-20-21(13-19)30-14-18(22(20)27)12-15-6-8-17(9-7-15)16-4-2-1-3-5-16/h1-11,13,18H,12,14H2. The van der Waals surface area contributed by atoms with E-state index in [-0.39, 0.29) is 23.7 Å². The van der Waals surface area contributed by atoms with E-state index in [1.807, 2.05) is 54.6 Å². The summed E-state index contributed by atoms with van der Waals surface area (Å²) in [5.74, 6) is -1.30. The van der Waals surface area contributed by atoms with E-state index in [0.29, 0.717) is 6.42 Å². The second kappa shape index (κ2) is 8.31. The fourth-order valence-corrected chi connectivity index (χ4v) is 3.89. The molecule has 0 spiro atoms. The van der Waals surface area contributed by atoms with Crippen LogP contribution in [-0.4, -0.2) is 26.3 Å². The summed E-state index contributed by atoms with van der Waals surface area (Å²) < 4.78 is 69.5. The van der Waals surface area contributed by atoms with Crippen LogP contribution in [0, 0.1) is 5.92 Å². The Balaban J connectivity index is 1.47. The first-order chi connectivity index (χ1) is 15.1. The molecule has 5 nitrogen and oxygen atoms in total. The van der Waals surface area contributed by atoms with Crippen molar-refractivity contribution < 1.29 is 35.3 Å². The van der Waals surface area contributed by atoms with Crippen LogP contribution in [0.4, 0.5) is 13.2 Å². The maximum absolute atomic E-state index is 12.8. The molecule has 4 rings (SSSR count). The van der Waals surface area contributed by atoms with Crippen LogP contribution in [0.25, 0.3) is 11.1 Å². The van der Waals surface area contributed by atoms with Crippen molar-refractivity contribution >= 4 is 15.9 Å². The quantitative estimate of drug-likeness (QED) is 0.394. The van der Waals surface area contributed by atoms with Crippen molar-refractivity contribution in [1.82, 2.24) is 0 Å². The van der Waals surface area contributed by atoms with Crippen molar-refractivity contribution in [1.29, 1.82) is 0 Å². The zero-order chi connectivity index (χ0) is 22.9. The Morgan fingerprint density at radius 3 is 2.25 bits per heavy atom.